The van der Waals surface area contributed by atoms with Crippen LogP contribution < -0.4 is 20.5 Å². The van der Waals surface area contributed by atoms with Crippen LogP contribution in [0.25, 0.3) is 0 Å². The molecule has 0 fully saturated rings. The summed E-state index contributed by atoms with van der Waals surface area (Å²) in [6.45, 7) is 0.323. The number of amides is 1. The van der Waals surface area contributed by atoms with Gasteiger partial charge in [0.25, 0.3) is 0 Å². The number of hydrogen-bond acceptors (Lipinski definition) is 7. The lowest BCUT2D eigenvalue weighted by atomic mass is 10.0. The molecule has 0 bridgehead atoms. The first-order chi connectivity index (χ1) is 20.3. The summed E-state index contributed by atoms with van der Waals surface area (Å²) in [5.41, 5.74) is 8.69. The highest BCUT2D eigenvalue weighted by atomic mass is 16.5. The molecule has 0 heterocycles. The fraction of sp³-hybridized carbons (Fsp3) is 0.156. The molecule has 1 amide bonds. The molecular formula is C32H32N4O6. The fourth-order valence-electron chi connectivity index (χ4n) is 4.47. The van der Waals surface area contributed by atoms with Crippen molar-refractivity contribution < 1.29 is 29.4 Å². The van der Waals surface area contributed by atoms with Crippen molar-refractivity contribution in [3.63, 3.8) is 0 Å². The summed E-state index contributed by atoms with van der Waals surface area (Å²) in [6, 6.07) is 27.8. The molecule has 0 saturated heterocycles. The smallest absolute Gasteiger partial charge is 0.331 e. The second-order valence-electron chi connectivity index (χ2n) is 9.43. The zero-order chi connectivity index (χ0) is 30.1. The van der Waals surface area contributed by atoms with Gasteiger partial charge in [-0.15, -0.1) is 0 Å². The number of benzene rings is 4. The Morgan fingerprint density at radius 3 is 2.14 bits per heavy atom. The number of methoxy groups -OCH3 is 1. The fourth-order valence-corrected chi connectivity index (χ4v) is 4.47. The quantitative estimate of drug-likeness (QED) is 0.0825. The van der Waals surface area contributed by atoms with E-state index in [1.54, 1.807) is 72.8 Å². The third-order valence-electron chi connectivity index (χ3n) is 6.69. The van der Waals surface area contributed by atoms with E-state index in [9.17, 15) is 14.7 Å². The molecule has 5 N–H and O–H groups in total. The second kappa shape index (κ2) is 13.7. The molecule has 0 spiro atoms. The number of carboxylic acid groups (broad SMARTS) is 1. The van der Waals surface area contributed by atoms with Crippen LogP contribution in [0.15, 0.2) is 108 Å². The van der Waals surface area contributed by atoms with E-state index < -0.39 is 24.0 Å². The number of rotatable bonds is 12. The van der Waals surface area contributed by atoms with Crippen LogP contribution in [0, 0.1) is 0 Å². The Bertz CT molecular complexity index is 1530. The van der Waals surface area contributed by atoms with Gasteiger partial charge in [0.15, 0.2) is 23.4 Å². The molecule has 0 aromatic heterocycles. The number of nitrogens with one attached hydrogen (secondary N) is 1. The first kappa shape index (κ1) is 29.5. The van der Waals surface area contributed by atoms with Crippen molar-refractivity contribution in [2.24, 2.45) is 10.9 Å². The predicted molar refractivity (Wildman–Crippen MR) is 159 cm³/mol. The van der Waals surface area contributed by atoms with E-state index in [0.717, 1.165) is 5.56 Å². The van der Waals surface area contributed by atoms with Crippen molar-refractivity contribution in [2.75, 3.05) is 19.5 Å². The largest absolute Gasteiger partial charge is 0.493 e. The van der Waals surface area contributed by atoms with E-state index in [4.69, 9.17) is 20.4 Å². The molecule has 0 radical (unpaired) electrons. The molecule has 216 valence electrons. The monoisotopic (exact) mass is 568 g/mol. The van der Waals surface area contributed by atoms with E-state index in [1.165, 1.54) is 19.1 Å². The van der Waals surface area contributed by atoms with Crippen LogP contribution in [0.4, 0.5) is 5.69 Å². The van der Waals surface area contributed by atoms with Crippen LogP contribution in [-0.4, -0.2) is 47.1 Å². The lowest BCUT2D eigenvalue weighted by Gasteiger charge is -2.30. The number of nitrogens with zero attached hydrogens (tertiary/aromatic N) is 2. The summed E-state index contributed by atoms with van der Waals surface area (Å²) in [7, 11) is 2.96. The Kier molecular flexibility index (Phi) is 9.62. The summed E-state index contributed by atoms with van der Waals surface area (Å²) in [5, 5.41) is 25.3. The molecule has 0 saturated carbocycles. The van der Waals surface area contributed by atoms with Crippen molar-refractivity contribution in [1.82, 2.24) is 4.90 Å². The molecule has 10 heteroatoms. The van der Waals surface area contributed by atoms with Crippen molar-refractivity contribution in [2.45, 2.75) is 18.7 Å². The number of carboxylic acids is 1. The third-order valence-corrected chi connectivity index (χ3v) is 6.69. The molecule has 0 aliphatic carbocycles. The minimum atomic E-state index is -1.22. The van der Waals surface area contributed by atoms with E-state index in [2.05, 4.69) is 10.5 Å². The van der Waals surface area contributed by atoms with Crippen LogP contribution in [0.3, 0.4) is 0 Å². The predicted octanol–water partition coefficient (Wildman–Crippen LogP) is 4.81. The number of anilines is 1. The van der Waals surface area contributed by atoms with Gasteiger partial charge in [-0.2, -0.15) is 0 Å². The molecule has 4 aromatic rings. The molecular weight excluding hydrogens is 536 g/mol. The summed E-state index contributed by atoms with van der Waals surface area (Å²) >= 11 is 0. The maximum atomic E-state index is 14.0. The summed E-state index contributed by atoms with van der Waals surface area (Å²) in [4.78, 5) is 27.6. The molecule has 4 rings (SSSR count). The highest BCUT2D eigenvalue weighted by molar-refractivity contribution is 5.97. The van der Waals surface area contributed by atoms with Crippen molar-refractivity contribution in [3.05, 3.63) is 125 Å². The first-order valence-corrected chi connectivity index (χ1v) is 13.1. The third kappa shape index (κ3) is 6.97. The van der Waals surface area contributed by atoms with Gasteiger partial charge >= 0.3 is 5.97 Å². The lowest BCUT2D eigenvalue weighted by molar-refractivity contribution is -0.149. The summed E-state index contributed by atoms with van der Waals surface area (Å²) < 4.78 is 11.6. The number of hydrogen-bond donors (Lipinski definition) is 4. The van der Waals surface area contributed by atoms with Gasteiger partial charge in [0.05, 0.1) is 7.11 Å². The van der Waals surface area contributed by atoms with Crippen molar-refractivity contribution in [3.8, 4) is 11.5 Å². The Morgan fingerprint density at radius 1 is 0.905 bits per heavy atom. The number of nitrogens with two attached hydrogens (primary N) is 1. The number of likely N-dealkylation sites (N-methyl/N-ethyl adjacent to an activating group) is 1. The summed E-state index contributed by atoms with van der Waals surface area (Å²) in [5.74, 6) is -0.823. The SMILES string of the molecule is COc1cc(C(Nc2ccc(C(N)=NO)cc2)C(=O)N(C)C(C(=O)O)c2ccccc2)ccc1OCc1ccccc1. The Hall–Kier alpha value is -5.51. The lowest BCUT2D eigenvalue weighted by Crippen LogP contribution is -2.40. The Labute approximate surface area is 243 Å². The average Bonchev–Trinajstić information content (AvgIpc) is 3.03. The van der Waals surface area contributed by atoms with Crippen molar-refractivity contribution in [1.29, 1.82) is 0 Å². The van der Waals surface area contributed by atoms with Gasteiger partial charge in [-0.05, 0) is 53.1 Å². The second-order valence-corrected chi connectivity index (χ2v) is 9.43. The normalized spacial score (nSPS) is 12.6. The first-order valence-electron chi connectivity index (χ1n) is 13.1. The van der Waals surface area contributed by atoms with Crippen LogP contribution >= 0.6 is 0 Å². The number of ether oxygens (including phenoxy) is 2. The molecule has 10 nitrogen and oxygen atoms in total. The number of aliphatic carboxylic acids is 1. The summed E-state index contributed by atoms with van der Waals surface area (Å²) in [6.07, 6.45) is 0. The van der Waals surface area contributed by atoms with Gasteiger partial charge in [-0.1, -0.05) is 71.9 Å². The highest BCUT2D eigenvalue weighted by Crippen LogP contribution is 2.34. The van der Waals surface area contributed by atoms with Crippen LogP contribution in [0.2, 0.25) is 0 Å². The molecule has 2 atom stereocenters. The van der Waals surface area contributed by atoms with Gasteiger partial charge in [0.2, 0.25) is 5.91 Å². The standard InChI is InChI=1S/C32H32N4O6/c1-36(29(32(38)39)22-11-7-4-8-12-22)31(37)28(34-25-16-13-23(14-17-25)30(33)35-40)24-15-18-26(27(19-24)41-2)42-20-21-9-5-3-6-10-21/h3-19,28-29,34,40H,20H2,1-2H3,(H2,33,35)(H,38,39). The highest BCUT2D eigenvalue weighted by Gasteiger charge is 2.33. The molecule has 2 unspecified atom stereocenters. The number of amidine groups is 1. The van der Waals surface area contributed by atoms with Crippen LogP contribution in [-0.2, 0) is 16.2 Å². The van der Waals surface area contributed by atoms with Crippen LogP contribution in [0.1, 0.15) is 34.3 Å². The topological polar surface area (TPSA) is 147 Å². The van der Waals surface area contributed by atoms with E-state index in [-0.39, 0.29) is 5.84 Å². The van der Waals surface area contributed by atoms with E-state index in [1.807, 2.05) is 30.3 Å². The minimum Gasteiger partial charge on any atom is -0.493 e. The van der Waals surface area contributed by atoms with Crippen molar-refractivity contribution >= 4 is 23.4 Å². The molecule has 4 aromatic carbocycles. The van der Waals surface area contributed by atoms with Gasteiger partial charge in [-0.3, -0.25) is 4.79 Å². The van der Waals surface area contributed by atoms with Gasteiger partial charge in [0, 0.05) is 18.3 Å². The van der Waals surface area contributed by atoms with E-state index >= 15 is 0 Å². The molecule has 0 aliphatic heterocycles. The average molecular weight is 569 g/mol. The van der Waals surface area contributed by atoms with Gasteiger partial charge in [-0.25, -0.2) is 4.79 Å². The minimum absolute atomic E-state index is 0.0584. The van der Waals surface area contributed by atoms with Crippen LogP contribution in [0.5, 0.6) is 11.5 Å². The Morgan fingerprint density at radius 2 is 1.55 bits per heavy atom. The Balaban J connectivity index is 1.69. The molecule has 42 heavy (non-hydrogen) atoms. The maximum absolute atomic E-state index is 14.0. The van der Waals surface area contributed by atoms with Gasteiger partial charge in [0.1, 0.15) is 12.6 Å². The zero-order valence-electron chi connectivity index (χ0n) is 23.2. The van der Waals surface area contributed by atoms with E-state index in [0.29, 0.717) is 40.5 Å². The molecule has 0 aliphatic rings. The number of oxime groups is 1. The zero-order valence-corrected chi connectivity index (χ0v) is 23.2. The number of carbonyl (C=O) groups excluding carboxylic acids is 1. The maximum Gasteiger partial charge on any atom is 0.331 e. The van der Waals surface area contributed by atoms with Gasteiger partial charge < -0.3 is 35.7 Å². The number of carbonyl (C=O) groups is 2.